The molecule has 1 aliphatic rings. The van der Waals surface area contributed by atoms with Crippen LogP contribution in [0.25, 0.3) is 0 Å². The normalized spacial score (nSPS) is 24.8. The topological polar surface area (TPSA) is 111 Å². The average Bonchev–Trinajstić information content (AvgIpc) is 3.02. The van der Waals surface area contributed by atoms with E-state index >= 15 is 0 Å². The zero-order valence-electron chi connectivity index (χ0n) is 21.2. The number of nitrogens with two attached hydrogens (primary N) is 1. The molecule has 0 radical (unpaired) electrons. The first-order valence-corrected chi connectivity index (χ1v) is 20.9. The van der Waals surface area contributed by atoms with Gasteiger partial charge in [-0.25, -0.2) is 9.78 Å². The molecule has 1 aliphatic heterocycles. The molecule has 9 nitrogen and oxygen atoms in total. The summed E-state index contributed by atoms with van der Waals surface area (Å²) in [5.41, 5.74) is 5.10. The number of rotatable bonds is 11. The van der Waals surface area contributed by atoms with Crippen LogP contribution in [0.3, 0.4) is 0 Å². The van der Waals surface area contributed by atoms with E-state index in [4.69, 9.17) is 23.7 Å². The van der Waals surface area contributed by atoms with E-state index in [9.17, 15) is 4.79 Å². The van der Waals surface area contributed by atoms with Gasteiger partial charge in [0, 0.05) is 0 Å². The molecule has 1 fully saturated rings. The second kappa shape index (κ2) is 10.6. The van der Waals surface area contributed by atoms with E-state index in [0.717, 1.165) is 18.1 Å². The van der Waals surface area contributed by atoms with Crippen LogP contribution in [0.15, 0.2) is 11.1 Å². The highest BCUT2D eigenvalue weighted by atomic mass is 28.4. The first kappa shape index (κ1) is 27.3. The first-order valence-electron chi connectivity index (χ1n) is 11.6. The lowest BCUT2D eigenvalue weighted by molar-refractivity contribution is -0.0504. The van der Waals surface area contributed by atoms with Crippen LogP contribution in [0.2, 0.25) is 57.4 Å². The lowest BCUT2D eigenvalue weighted by Gasteiger charge is -2.36. The lowest BCUT2D eigenvalue weighted by atomic mass is 10.1. The van der Waals surface area contributed by atoms with Crippen molar-refractivity contribution in [1.29, 1.82) is 0 Å². The summed E-state index contributed by atoms with van der Waals surface area (Å²) in [5, 5.41) is 0. The van der Waals surface area contributed by atoms with Gasteiger partial charge in [-0.05, 0) is 57.4 Å². The van der Waals surface area contributed by atoms with Crippen LogP contribution in [-0.4, -0.2) is 64.4 Å². The quantitative estimate of drug-likeness (QED) is 0.457. The SMILES string of the molecule is CC[Si](C)(C)OC[C@H]1O[C@@H](n2cnc(N)nc2=O)[C@H](O[Si](C)(C)CC)[C@@H]1O[Si](C)(C)CC. The average molecular weight is 503 g/mol. The highest BCUT2D eigenvalue weighted by Crippen LogP contribution is 2.37. The van der Waals surface area contributed by atoms with Crippen molar-refractivity contribution < 1.29 is 18.0 Å². The van der Waals surface area contributed by atoms with Gasteiger partial charge in [-0.1, -0.05) is 20.8 Å². The number of hydrogen-bond donors (Lipinski definition) is 1. The molecule has 0 amide bonds. The third kappa shape index (κ3) is 7.05. The van der Waals surface area contributed by atoms with E-state index in [-0.39, 0.29) is 18.2 Å². The Bertz CT molecular complexity index is 821. The first-order chi connectivity index (χ1) is 14.7. The van der Waals surface area contributed by atoms with E-state index in [2.05, 4.69) is 70.0 Å². The second-order valence-electron chi connectivity index (χ2n) is 10.3. The van der Waals surface area contributed by atoms with E-state index in [1.54, 1.807) is 0 Å². The summed E-state index contributed by atoms with van der Waals surface area (Å²) >= 11 is 0. The van der Waals surface area contributed by atoms with E-state index in [1.807, 2.05) is 0 Å². The van der Waals surface area contributed by atoms with Crippen molar-refractivity contribution >= 4 is 30.9 Å². The minimum atomic E-state index is -2.03. The fourth-order valence-corrected chi connectivity index (χ4v) is 6.34. The molecule has 1 aromatic rings. The molecule has 0 unspecified atom stereocenters. The molecule has 2 rings (SSSR count). The summed E-state index contributed by atoms with van der Waals surface area (Å²) in [6.45, 7) is 20.0. The Morgan fingerprint density at radius 1 is 0.969 bits per heavy atom. The summed E-state index contributed by atoms with van der Waals surface area (Å²) < 4.78 is 27.6. The van der Waals surface area contributed by atoms with Crippen LogP contribution in [0.4, 0.5) is 5.95 Å². The predicted octanol–water partition coefficient (Wildman–Crippen LogP) is 3.58. The van der Waals surface area contributed by atoms with E-state index in [0.29, 0.717) is 6.61 Å². The maximum atomic E-state index is 12.7. The summed E-state index contributed by atoms with van der Waals surface area (Å²) in [7, 11) is -5.80. The van der Waals surface area contributed by atoms with E-state index in [1.165, 1.54) is 10.9 Å². The van der Waals surface area contributed by atoms with Gasteiger partial charge in [-0.15, -0.1) is 0 Å². The van der Waals surface area contributed by atoms with Gasteiger partial charge in [-0.2, -0.15) is 4.98 Å². The molecule has 1 saturated heterocycles. The molecule has 12 heteroatoms. The molecule has 184 valence electrons. The van der Waals surface area contributed by atoms with Crippen LogP contribution < -0.4 is 11.4 Å². The fourth-order valence-electron chi connectivity index (χ4n) is 3.18. The Balaban J connectivity index is 2.49. The van der Waals surface area contributed by atoms with Crippen LogP contribution in [0.5, 0.6) is 0 Å². The molecular weight excluding hydrogens is 461 g/mol. The minimum absolute atomic E-state index is 0.0621. The Morgan fingerprint density at radius 3 is 2.00 bits per heavy atom. The molecule has 4 atom stereocenters. The molecule has 0 aromatic carbocycles. The smallest absolute Gasteiger partial charge is 0.354 e. The number of nitrogens with zero attached hydrogens (tertiary/aromatic N) is 3. The molecule has 0 bridgehead atoms. The van der Waals surface area contributed by atoms with Crippen molar-refractivity contribution in [3.8, 4) is 0 Å². The van der Waals surface area contributed by atoms with Crippen LogP contribution >= 0.6 is 0 Å². The number of anilines is 1. The van der Waals surface area contributed by atoms with Gasteiger partial charge in [0.1, 0.15) is 24.6 Å². The third-order valence-corrected chi connectivity index (χ3v) is 14.3. The summed E-state index contributed by atoms with van der Waals surface area (Å²) in [6.07, 6.45) is -0.466. The summed E-state index contributed by atoms with van der Waals surface area (Å²) in [6, 6.07) is 2.90. The van der Waals surface area contributed by atoms with Crippen LogP contribution in [-0.2, 0) is 18.0 Å². The van der Waals surface area contributed by atoms with Gasteiger partial charge < -0.3 is 23.7 Å². The second-order valence-corrected chi connectivity index (χ2v) is 23.7. The highest BCUT2D eigenvalue weighted by Gasteiger charge is 2.51. The number of aromatic nitrogens is 3. The van der Waals surface area contributed by atoms with Gasteiger partial charge in [0.05, 0.1) is 6.61 Å². The molecule has 0 aliphatic carbocycles. The number of ether oxygens (including phenoxy) is 1. The monoisotopic (exact) mass is 502 g/mol. The van der Waals surface area contributed by atoms with Crippen molar-refractivity contribution in [2.24, 2.45) is 0 Å². The molecule has 32 heavy (non-hydrogen) atoms. The van der Waals surface area contributed by atoms with Gasteiger partial charge in [-0.3, -0.25) is 4.57 Å². The molecule has 0 spiro atoms. The zero-order chi connectivity index (χ0) is 24.3. The largest absolute Gasteiger partial charge is 0.415 e. The van der Waals surface area contributed by atoms with Gasteiger partial charge in [0.25, 0.3) is 0 Å². The molecule has 1 aromatic heterocycles. The Morgan fingerprint density at radius 2 is 1.50 bits per heavy atom. The van der Waals surface area contributed by atoms with Gasteiger partial charge >= 0.3 is 5.69 Å². The minimum Gasteiger partial charge on any atom is -0.415 e. The van der Waals surface area contributed by atoms with E-state index < -0.39 is 43.0 Å². The molecule has 2 N–H and O–H groups in total. The van der Waals surface area contributed by atoms with Crippen LogP contribution in [0, 0.1) is 0 Å². The highest BCUT2D eigenvalue weighted by molar-refractivity contribution is 6.72. The molecular formula is C20H42N4O5Si3. The van der Waals surface area contributed by atoms with Gasteiger partial charge in [0.15, 0.2) is 31.2 Å². The van der Waals surface area contributed by atoms with Crippen molar-refractivity contribution in [3.63, 3.8) is 0 Å². The maximum absolute atomic E-state index is 12.7. The standard InChI is InChI=1S/C20H42N4O5Si3/c1-10-30(4,5)26-13-15-16(28-31(6,7)11-2)17(29-32(8,9)12-3)18(27-15)24-14-22-19(21)23-20(24)25/h14-18H,10-13H2,1-9H3,(H2,21,23,25)/t15-,16-,17-,18-/m1/s1. The third-order valence-electron chi connectivity index (χ3n) is 6.41. The van der Waals surface area contributed by atoms with Crippen molar-refractivity contribution in [2.45, 2.75) is 103 Å². The summed E-state index contributed by atoms with van der Waals surface area (Å²) in [4.78, 5) is 20.5. The van der Waals surface area contributed by atoms with Crippen molar-refractivity contribution in [1.82, 2.24) is 14.5 Å². The van der Waals surface area contributed by atoms with Crippen molar-refractivity contribution in [2.75, 3.05) is 12.3 Å². The van der Waals surface area contributed by atoms with Crippen molar-refractivity contribution in [3.05, 3.63) is 16.8 Å². The Labute approximate surface area is 195 Å². The lowest BCUT2D eigenvalue weighted by Crippen LogP contribution is -2.50. The maximum Gasteiger partial charge on any atom is 0.354 e. The summed E-state index contributed by atoms with van der Waals surface area (Å²) in [5.74, 6) is -0.0621. The number of hydrogen-bond acceptors (Lipinski definition) is 8. The number of nitrogen functional groups attached to an aromatic ring is 1. The fraction of sp³-hybridized carbons (Fsp3) is 0.850. The van der Waals surface area contributed by atoms with Crippen LogP contribution in [0.1, 0.15) is 27.0 Å². The predicted molar refractivity (Wildman–Crippen MR) is 134 cm³/mol. The Hall–Kier alpha value is -0.899. The van der Waals surface area contributed by atoms with Gasteiger partial charge in [0.2, 0.25) is 5.95 Å². The molecule has 2 heterocycles. The Kier molecular flexibility index (Phi) is 9.04. The molecule has 0 saturated carbocycles. The zero-order valence-corrected chi connectivity index (χ0v) is 24.2.